The van der Waals surface area contributed by atoms with Crippen molar-refractivity contribution in [3.05, 3.63) is 24.8 Å². The second-order valence-corrected chi connectivity index (χ2v) is 2.24. The highest BCUT2D eigenvalue weighted by Gasteiger charge is 1.93. The second kappa shape index (κ2) is 5.59. The number of allylic oxidation sites excluding steroid dienone is 3. The molecule has 0 N–H and O–H groups in total. The monoisotopic (exact) mass is 152 g/mol. The van der Waals surface area contributed by atoms with Gasteiger partial charge in [-0.25, -0.2) is 0 Å². The molecule has 0 saturated heterocycles. The molecule has 0 radical (unpaired) electrons. The minimum atomic E-state index is -0.100. The smallest absolute Gasteiger partial charge is 0.156 e. The molecule has 0 aliphatic rings. The third-order valence-electron chi connectivity index (χ3n) is 1.10. The van der Waals surface area contributed by atoms with E-state index < -0.39 is 0 Å². The summed E-state index contributed by atoms with van der Waals surface area (Å²) in [6.45, 7) is 4.90. The minimum absolute atomic E-state index is 0.0277. The second-order valence-electron chi connectivity index (χ2n) is 2.24. The molecular formula is C9H12O2. The van der Waals surface area contributed by atoms with Gasteiger partial charge in [-0.1, -0.05) is 6.08 Å². The van der Waals surface area contributed by atoms with E-state index in [-0.39, 0.29) is 11.6 Å². The molecule has 0 aromatic heterocycles. The summed E-state index contributed by atoms with van der Waals surface area (Å²) in [6, 6.07) is 0. The fourth-order valence-electron chi connectivity index (χ4n) is 0.538. The van der Waals surface area contributed by atoms with Crippen molar-refractivity contribution in [2.75, 3.05) is 0 Å². The number of carbonyl (C=O) groups excluding carboxylic acids is 2. The Morgan fingerprint density at radius 3 is 2.45 bits per heavy atom. The lowest BCUT2D eigenvalue weighted by Gasteiger charge is -1.87. The van der Waals surface area contributed by atoms with Gasteiger partial charge in [-0.2, -0.15) is 0 Å². The van der Waals surface area contributed by atoms with Crippen molar-refractivity contribution < 1.29 is 9.59 Å². The van der Waals surface area contributed by atoms with E-state index in [2.05, 4.69) is 6.58 Å². The Morgan fingerprint density at radius 2 is 2.00 bits per heavy atom. The normalized spacial score (nSPS) is 9.91. The van der Waals surface area contributed by atoms with Crippen LogP contribution in [0, 0.1) is 0 Å². The van der Waals surface area contributed by atoms with E-state index in [9.17, 15) is 9.59 Å². The zero-order valence-corrected chi connectivity index (χ0v) is 6.67. The Bertz CT molecular complexity index is 190. The molecule has 0 fully saturated rings. The highest BCUT2D eigenvalue weighted by molar-refractivity contribution is 5.97. The number of hydrogen-bond acceptors (Lipinski definition) is 2. The molecule has 11 heavy (non-hydrogen) atoms. The molecule has 2 nitrogen and oxygen atoms in total. The van der Waals surface area contributed by atoms with E-state index in [0.29, 0.717) is 12.8 Å². The molecule has 0 heterocycles. The Kier molecular flexibility index (Phi) is 4.99. The summed E-state index contributed by atoms with van der Waals surface area (Å²) in [5.41, 5.74) is 0. The van der Waals surface area contributed by atoms with Crippen LogP contribution in [0.2, 0.25) is 0 Å². The highest BCUT2D eigenvalue weighted by atomic mass is 16.1. The van der Waals surface area contributed by atoms with Crippen molar-refractivity contribution in [2.45, 2.75) is 19.8 Å². The first-order chi connectivity index (χ1) is 5.16. The summed E-state index contributed by atoms with van der Waals surface area (Å²) in [4.78, 5) is 21.2. The summed E-state index contributed by atoms with van der Waals surface area (Å²) in [5, 5.41) is 0. The van der Waals surface area contributed by atoms with E-state index in [4.69, 9.17) is 0 Å². The molecule has 0 aliphatic carbocycles. The topological polar surface area (TPSA) is 34.1 Å². The van der Waals surface area contributed by atoms with Crippen molar-refractivity contribution in [3.63, 3.8) is 0 Å². The molecule has 0 amide bonds. The lowest BCUT2D eigenvalue weighted by atomic mass is 10.2. The fourth-order valence-corrected chi connectivity index (χ4v) is 0.538. The zero-order chi connectivity index (χ0) is 8.69. The maximum absolute atomic E-state index is 10.8. The van der Waals surface area contributed by atoms with Crippen LogP contribution in [0.25, 0.3) is 0 Å². The zero-order valence-electron chi connectivity index (χ0n) is 6.67. The Labute approximate surface area is 66.6 Å². The molecule has 0 saturated carbocycles. The van der Waals surface area contributed by atoms with Crippen molar-refractivity contribution in [2.24, 2.45) is 0 Å². The first-order valence-electron chi connectivity index (χ1n) is 3.49. The minimum Gasteiger partial charge on any atom is -0.295 e. The van der Waals surface area contributed by atoms with Gasteiger partial charge in [0.15, 0.2) is 11.6 Å². The predicted octanol–water partition coefficient (Wildman–Crippen LogP) is 1.67. The average Bonchev–Trinajstić information content (AvgIpc) is 1.97. The number of rotatable bonds is 5. The van der Waals surface area contributed by atoms with Crippen LogP contribution in [0.1, 0.15) is 19.8 Å². The van der Waals surface area contributed by atoms with Gasteiger partial charge in [0.05, 0.1) is 0 Å². The van der Waals surface area contributed by atoms with E-state index in [0.717, 1.165) is 0 Å². The first-order valence-corrected chi connectivity index (χ1v) is 3.49. The highest BCUT2D eigenvalue weighted by Crippen LogP contribution is 1.92. The molecule has 0 spiro atoms. The van der Waals surface area contributed by atoms with Gasteiger partial charge in [-0.3, -0.25) is 9.59 Å². The number of hydrogen-bond donors (Lipinski definition) is 0. The van der Waals surface area contributed by atoms with Crippen LogP contribution in [0.15, 0.2) is 24.8 Å². The van der Waals surface area contributed by atoms with Crippen LogP contribution in [-0.2, 0) is 9.59 Å². The number of carbonyl (C=O) groups is 2. The van der Waals surface area contributed by atoms with Crippen LogP contribution < -0.4 is 0 Å². The van der Waals surface area contributed by atoms with Crippen molar-refractivity contribution in [3.8, 4) is 0 Å². The van der Waals surface area contributed by atoms with Crippen LogP contribution in [-0.4, -0.2) is 11.6 Å². The summed E-state index contributed by atoms with van der Waals surface area (Å²) in [6.07, 6.45) is 5.38. The summed E-state index contributed by atoms with van der Waals surface area (Å²) < 4.78 is 0. The van der Waals surface area contributed by atoms with E-state index in [1.165, 1.54) is 19.1 Å². The summed E-state index contributed by atoms with van der Waals surface area (Å²) in [5.74, 6) is -0.128. The van der Waals surface area contributed by atoms with Crippen LogP contribution in [0.4, 0.5) is 0 Å². The Hall–Kier alpha value is -1.18. The van der Waals surface area contributed by atoms with Crippen LogP contribution in [0.3, 0.4) is 0 Å². The quantitative estimate of drug-likeness (QED) is 0.443. The lowest BCUT2D eigenvalue weighted by molar-refractivity contribution is -0.116. The van der Waals surface area contributed by atoms with Gasteiger partial charge >= 0.3 is 0 Å². The van der Waals surface area contributed by atoms with E-state index in [1.807, 2.05) is 0 Å². The van der Waals surface area contributed by atoms with E-state index in [1.54, 1.807) is 6.08 Å². The molecule has 2 heteroatoms. The lowest BCUT2D eigenvalue weighted by Crippen LogP contribution is -1.92. The molecule has 60 valence electrons. The molecule has 0 bridgehead atoms. The standard InChI is InChI=1S/C9H12O2/c1-3-4-5-9(11)7-6-8(2)10/h3,6-7H,1,4-5H2,2H3. The van der Waals surface area contributed by atoms with E-state index >= 15 is 0 Å². The molecule has 0 aromatic carbocycles. The molecule has 0 atom stereocenters. The van der Waals surface area contributed by atoms with Crippen molar-refractivity contribution in [1.82, 2.24) is 0 Å². The SMILES string of the molecule is C=CCCC(=O)C=CC(C)=O. The van der Waals surface area contributed by atoms with Gasteiger partial charge < -0.3 is 0 Å². The third-order valence-corrected chi connectivity index (χ3v) is 1.10. The fraction of sp³-hybridized carbons (Fsp3) is 0.333. The summed E-state index contributed by atoms with van der Waals surface area (Å²) >= 11 is 0. The summed E-state index contributed by atoms with van der Waals surface area (Å²) in [7, 11) is 0. The van der Waals surface area contributed by atoms with Gasteiger partial charge in [0, 0.05) is 6.42 Å². The van der Waals surface area contributed by atoms with Crippen molar-refractivity contribution >= 4 is 11.6 Å². The largest absolute Gasteiger partial charge is 0.295 e. The molecule has 0 rings (SSSR count). The molecule has 0 aliphatic heterocycles. The molecule has 0 unspecified atom stereocenters. The Balaban J connectivity index is 3.68. The van der Waals surface area contributed by atoms with Crippen LogP contribution in [0.5, 0.6) is 0 Å². The maximum atomic E-state index is 10.8. The van der Waals surface area contributed by atoms with Gasteiger partial charge in [0.25, 0.3) is 0 Å². The predicted molar refractivity (Wildman–Crippen MR) is 44.3 cm³/mol. The molecular weight excluding hydrogens is 140 g/mol. The van der Waals surface area contributed by atoms with Gasteiger partial charge in [-0.05, 0) is 25.5 Å². The van der Waals surface area contributed by atoms with Crippen molar-refractivity contribution in [1.29, 1.82) is 0 Å². The molecule has 0 aromatic rings. The van der Waals surface area contributed by atoms with Gasteiger partial charge in [-0.15, -0.1) is 6.58 Å². The van der Waals surface area contributed by atoms with Gasteiger partial charge in [0.1, 0.15) is 0 Å². The van der Waals surface area contributed by atoms with Gasteiger partial charge in [0.2, 0.25) is 0 Å². The van der Waals surface area contributed by atoms with Crippen LogP contribution >= 0.6 is 0 Å². The average molecular weight is 152 g/mol. The first kappa shape index (κ1) is 9.82. The third kappa shape index (κ3) is 6.71. The maximum Gasteiger partial charge on any atom is 0.156 e. The number of ketones is 2. The Morgan fingerprint density at radius 1 is 1.36 bits per heavy atom.